The molecule has 8 aliphatic rings. The van der Waals surface area contributed by atoms with Crippen LogP contribution in [0.2, 0.25) is 5.02 Å². The number of nitrogens with zero attached hydrogens (tertiary/aromatic N) is 8. The minimum Gasteiger partial charge on any atom is -0.463 e. The van der Waals surface area contributed by atoms with Crippen LogP contribution in [0.1, 0.15) is 91.6 Å². The zero-order chi connectivity index (χ0) is 45.6. The van der Waals surface area contributed by atoms with Gasteiger partial charge < -0.3 is 35.4 Å². The highest BCUT2D eigenvalue weighted by molar-refractivity contribution is 6.32. The van der Waals surface area contributed by atoms with E-state index in [1.54, 1.807) is 23.2 Å². The van der Waals surface area contributed by atoms with Gasteiger partial charge in [-0.3, -0.25) is 29.6 Å². The molecule has 4 aromatic rings. The molecule has 67 heavy (non-hydrogen) atoms. The van der Waals surface area contributed by atoms with E-state index in [0.29, 0.717) is 70.6 Å². The number of pyridine rings is 1. The second-order valence-corrected chi connectivity index (χ2v) is 21.2. The molecule has 7 fully saturated rings. The average molecular weight is 933 g/mol. The van der Waals surface area contributed by atoms with Crippen LogP contribution >= 0.6 is 11.6 Å². The van der Waals surface area contributed by atoms with Crippen LogP contribution in [0.5, 0.6) is 6.01 Å². The molecule has 2 aliphatic carbocycles. The van der Waals surface area contributed by atoms with E-state index in [1.807, 2.05) is 12.1 Å². The summed E-state index contributed by atoms with van der Waals surface area (Å²) in [7, 11) is 0. The van der Waals surface area contributed by atoms with Gasteiger partial charge in [-0.05, 0) is 124 Å². The highest BCUT2D eigenvalue weighted by atomic mass is 35.5. The SMILES string of the molecule is Nc1cc(Cl)c(C2CC2)c(-c2ncc3c(N4CC5CCC(C4)N5)nc(OCC4(CN5CCC(CN6CCN(c7ccc8c(c7)CN([C@H]7CCC(=O)NC7=O)C8=O)CC6)CC5)CC4)nc3c2F)c1. The van der Waals surface area contributed by atoms with E-state index in [1.165, 1.54) is 12.8 Å². The van der Waals surface area contributed by atoms with E-state index < -0.39 is 11.9 Å². The summed E-state index contributed by atoms with van der Waals surface area (Å²) in [5, 5.41) is 7.23. The Hall–Kier alpha value is -5.16. The summed E-state index contributed by atoms with van der Waals surface area (Å²) in [4.78, 5) is 63.5. The average Bonchev–Trinajstić information content (AvgIpc) is 4.25. The predicted octanol–water partition coefficient (Wildman–Crippen LogP) is 5.34. The largest absolute Gasteiger partial charge is 0.463 e. The van der Waals surface area contributed by atoms with Crippen LogP contribution in [-0.4, -0.2) is 138 Å². The van der Waals surface area contributed by atoms with Crippen molar-refractivity contribution in [2.24, 2.45) is 11.3 Å². The van der Waals surface area contributed by atoms with Crippen molar-refractivity contribution in [2.75, 3.05) is 87.6 Å². The molecule has 2 bridgehead atoms. The number of carbonyl (C=O) groups excluding carboxylic acids is 3. The van der Waals surface area contributed by atoms with Crippen molar-refractivity contribution < 1.29 is 23.5 Å². The van der Waals surface area contributed by atoms with Gasteiger partial charge in [0, 0.05) is 117 Å². The summed E-state index contributed by atoms with van der Waals surface area (Å²) in [6.07, 6.45) is 11.1. The summed E-state index contributed by atoms with van der Waals surface area (Å²) in [6, 6.07) is 9.92. The number of nitrogens with two attached hydrogens (primary N) is 1. The van der Waals surface area contributed by atoms with Crippen molar-refractivity contribution in [2.45, 2.75) is 94.8 Å². The number of halogens is 2. The molecule has 3 amide bonds. The number of anilines is 3. The van der Waals surface area contributed by atoms with Crippen molar-refractivity contribution in [3.05, 3.63) is 64.1 Å². The number of piperazine rings is 2. The molecule has 5 saturated heterocycles. The maximum absolute atomic E-state index is 17.0. The Morgan fingerprint density at radius 3 is 2.37 bits per heavy atom. The Bertz CT molecular complexity index is 2630. The molecule has 0 radical (unpaired) electrons. The smallest absolute Gasteiger partial charge is 0.319 e. The fraction of sp³-hybridized carbons (Fsp3) is 0.560. The second kappa shape index (κ2) is 17.1. The number of aromatic nitrogens is 3. The van der Waals surface area contributed by atoms with Gasteiger partial charge in [-0.1, -0.05) is 11.6 Å². The number of likely N-dealkylation sites (tertiary alicyclic amines) is 1. The molecule has 2 aromatic carbocycles. The first-order valence-electron chi connectivity index (χ1n) is 24.6. The number of ether oxygens (including phenoxy) is 1. The first kappa shape index (κ1) is 43.1. The summed E-state index contributed by atoms with van der Waals surface area (Å²) in [6.45, 7) is 10.5. The Balaban J connectivity index is 0.666. The molecular weight excluding hydrogens is 873 g/mol. The number of fused-ring (bicyclic) bond motifs is 4. The number of benzene rings is 2. The standard InChI is InChI=1S/C50H59ClFN11O4/c51-39-21-32(53)20-37(42(39)30-1-2-30)44-43(52)45-38(22-54-44)46(62-25-33-3-4-34(26-62)55-33)58-49(57-45)67-28-50(11-12-50)27-60-13-9-29(10-14-60)23-59-15-17-61(18-16-59)35-5-6-36-31(19-35)24-63(48(36)66)40-7-8-41(64)56-47(40)65/h5-6,19-22,29-30,33-34,40,55H,1-4,7-18,23-28,53H2,(H,56,64,65)/t33?,34?,40-/m0/s1. The Morgan fingerprint density at radius 2 is 1.64 bits per heavy atom. The zero-order valence-electron chi connectivity index (χ0n) is 38.0. The van der Waals surface area contributed by atoms with Crippen LogP contribution in [0.15, 0.2) is 36.5 Å². The molecule has 6 aliphatic heterocycles. The van der Waals surface area contributed by atoms with Gasteiger partial charge in [0.2, 0.25) is 11.8 Å². The maximum atomic E-state index is 17.0. The molecule has 17 heteroatoms. The Morgan fingerprint density at radius 1 is 0.866 bits per heavy atom. The Kier molecular flexibility index (Phi) is 11.0. The van der Waals surface area contributed by atoms with Crippen LogP contribution in [0.25, 0.3) is 22.2 Å². The molecular formula is C50H59ClFN11O4. The highest BCUT2D eigenvalue weighted by Crippen LogP contribution is 2.50. The summed E-state index contributed by atoms with van der Waals surface area (Å²) >= 11 is 6.73. The second-order valence-electron chi connectivity index (χ2n) is 20.8. The number of carbonyl (C=O) groups is 3. The van der Waals surface area contributed by atoms with Gasteiger partial charge in [0.05, 0.1) is 12.0 Å². The van der Waals surface area contributed by atoms with Gasteiger partial charge in [0.1, 0.15) is 23.1 Å². The molecule has 0 spiro atoms. The molecule has 12 rings (SSSR count). The minimum absolute atomic E-state index is 0.0311. The van der Waals surface area contributed by atoms with Crippen LogP contribution in [-0.2, 0) is 16.1 Å². The van der Waals surface area contributed by atoms with E-state index in [-0.39, 0.29) is 52.7 Å². The van der Waals surface area contributed by atoms with E-state index in [0.717, 1.165) is 121 Å². The molecule has 352 valence electrons. The molecule has 3 atom stereocenters. The molecule has 2 saturated carbocycles. The quantitative estimate of drug-likeness (QED) is 0.123. The lowest BCUT2D eigenvalue weighted by atomic mass is 9.94. The van der Waals surface area contributed by atoms with Crippen LogP contribution < -0.4 is 30.9 Å². The molecule has 2 unspecified atom stereocenters. The van der Waals surface area contributed by atoms with Crippen molar-refractivity contribution in [3.8, 4) is 17.3 Å². The van der Waals surface area contributed by atoms with E-state index in [4.69, 9.17) is 37.0 Å². The fourth-order valence-corrected chi connectivity index (χ4v) is 12.3. The van der Waals surface area contributed by atoms with E-state index >= 15 is 4.39 Å². The lowest BCUT2D eigenvalue weighted by Gasteiger charge is -2.40. The lowest BCUT2D eigenvalue weighted by Crippen LogP contribution is -2.52. The summed E-state index contributed by atoms with van der Waals surface area (Å²) < 4.78 is 23.6. The van der Waals surface area contributed by atoms with Crippen molar-refractivity contribution in [1.29, 1.82) is 0 Å². The first-order valence-corrected chi connectivity index (χ1v) is 25.0. The van der Waals surface area contributed by atoms with Gasteiger partial charge in [-0.15, -0.1) is 0 Å². The zero-order valence-corrected chi connectivity index (χ0v) is 38.7. The molecule has 2 aromatic heterocycles. The number of hydrogen-bond acceptors (Lipinski definition) is 13. The summed E-state index contributed by atoms with van der Waals surface area (Å²) in [5.74, 6) is 0.303. The lowest BCUT2D eigenvalue weighted by molar-refractivity contribution is -0.136. The number of imide groups is 1. The van der Waals surface area contributed by atoms with Gasteiger partial charge >= 0.3 is 6.01 Å². The van der Waals surface area contributed by atoms with Gasteiger partial charge in [-0.2, -0.15) is 9.97 Å². The molecule has 8 heterocycles. The fourth-order valence-electron chi connectivity index (χ4n) is 12.0. The van der Waals surface area contributed by atoms with Gasteiger partial charge in [0.15, 0.2) is 5.82 Å². The van der Waals surface area contributed by atoms with E-state index in [2.05, 4.69) is 36.3 Å². The number of hydrogen-bond donors (Lipinski definition) is 3. The van der Waals surface area contributed by atoms with Crippen LogP contribution in [0.3, 0.4) is 0 Å². The first-order chi connectivity index (χ1) is 32.5. The third-order valence-electron chi connectivity index (χ3n) is 16.0. The van der Waals surface area contributed by atoms with Crippen LogP contribution in [0, 0.1) is 17.2 Å². The monoisotopic (exact) mass is 931 g/mol. The minimum atomic E-state index is -0.604. The van der Waals surface area contributed by atoms with Gasteiger partial charge in [0.25, 0.3) is 5.91 Å². The third kappa shape index (κ3) is 8.45. The summed E-state index contributed by atoms with van der Waals surface area (Å²) in [5.41, 5.74) is 11.4. The van der Waals surface area contributed by atoms with Crippen molar-refractivity contribution in [3.63, 3.8) is 0 Å². The predicted molar refractivity (Wildman–Crippen MR) is 254 cm³/mol. The number of nitrogen functional groups attached to an aromatic ring is 1. The van der Waals surface area contributed by atoms with Crippen molar-refractivity contribution in [1.82, 2.24) is 40.3 Å². The van der Waals surface area contributed by atoms with Crippen molar-refractivity contribution >= 4 is 57.4 Å². The maximum Gasteiger partial charge on any atom is 0.319 e. The normalized spacial score (nSPS) is 25.6. The number of nitrogens with one attached hydrogen (secondary N) is 2. The Labute approximate surface area is 394 Å². The molecule has 4 N–H and O–H groups in total. The third-order valence-corrected chi connectivity index (χ3v) is 16.4. The highest BCUT2D eigenvalue weighted by Gasteiger charge is 2.46. The molecule has 15 nitrogen and oxygen atoms in total. The van der Waals surface area contributed by atoms with Crippen LogP contribution in [0.4, 0.5) is 21.6 Å². The number of rotatable bonds is 12. The number of amides is 3. The number of piperidine rings is 2. The topological polar surface area (TPSA) is 165 Å². The van der Waals surface area contributed by atoms with E-state index in [9.17, 15) is 14.4 Å². The van der Waals surface area contributed by atoms with Gasteiger partial charge in [-0.25, -0.2) is 4.39 Å².